The Morgan fingerprint density at radius 1 is 1.15 bits per heavy atom. The van der Waals surface area contributed by atoms with Crippen LogP contribution in [0.2, 0.25) is 0 Å². The van der Waals surface area contributed by atoms with Crippen LogP contribution in [0.3, 0.4) is 0 Å². The van der Waals surface area contributed by atoms with Crippen LogP contribution in [0.5, 0.6) is 0 Å². The van der Waals surface area contributed by atoms with Crippen molar-refractivity contribution in [2.45, 2.75) is 38.4 Å². The van der Waals surface area contributed by atoms with Gasteiger partial charge in [0.25, 0.3) is 0 Å². The Morgan fingerprint density at radius 2 is 1.75 bits per heavy atom. The van der Waals surface area contributed by atoms with Crippen LogP contribution in [0.1, 0.15) is 41.6 Å². The van der Waals surface area contributed by atoms with Crippen LogP contribution in [0.25, 0.3) is 0 Å². The van der Waals surface area contributed by atoms with E-state index in [9.17, 15) is 9.59 Å². The van der Waals surface area contributed by atoms with Crippen LogP contribution in [0, 0.1) is 5.92 Å². The lowest BCUT2D eigenvalue weighted by atomic mass is 9.87. The number of carboxylic acid groups (broad SMARTS) is 1. The molecule has 20 heavy (non-hydrogen) atoms. The average Bonchev–Trinajstić information content (AvgIpc) is 2.46. The molecule has 3 N–H and O–H groups in total. The summed E-state index contributed by atoms with van der Waals surface area (Å²) in [5.41, 5.74) is 6.64. The van der Waals surface area contributed by atoms with Gasteiger partial charge in [0.1, 0.15) is 0 Å². The van der Waals surface area contributed by atoms with Gasteiger partial charge in [-0.3, -0.25) is 9.59 Å². The summed E-state index contributed by atoms with van der Waals surface area (Å²) in [6.45, 7) is 0.474. The Bertz CT molecular complexity index is 475. The van der Waals surface area contributed by atoms with Gasteiger partial charge >= 0.3 is 5.97 Å². The van der Waals surface area contributed by atoms with Crippen molar-refractivity contribution >= 4 is 11.9 Å². The number of hydrogen-bond donors (Lipinski definition) is 2. The van der Waals surface area contributed by atoms with Gasteiger partial charge in [-0.1, -0.05) is 12.1 Å². The summed E-state index contributed by atoms with van der Waals surface area (Å²) in [6, 6.07) is 7.01. The maximum Gasteiger partial charge on any atom is 0.306 e. The molecule has 2 rings (SSSR count). The van der Waals surface area contributed by atoms with Crippen LogP contribution >= 0.6 is 0 Å². The van der Waals surface area contributed by atoms with E-state index in [1.807, 2.05) is 12.1 Å². The van der Waals surface area contributed by atoms with Crippen molar-refractivity contribution in [1.29, 1.82) is 0 Å². The minimum Gasteiger partial charge on any atom is -0.481 e. The number of hydrogen-bond acceptors (Lipinski definition) is 3. The summed E-state index contributed by atoms with van der Waals surface area (Å²) < 4.78 is 5.79. The summed E-state index contributed by atoms with van der Waals surface area (Å²) in [5, 5.41) is 8.92. The van der Waals surface area contributed by atoms with Crippen LogP contribution in [0.15, 0.2) is 24.3 Å². The zero-order valence-electron chi connectivity index (χ0n) is 11.2. The monoisotopic (exact) mass is 277 g/mol. The molecule has 0 aromatic heterocycles. The van der Waals surface area contributed by atoms with Crippen LogP contribution < -0.4 is 5.73 Å². The fourth-order valence-corrected chi connectivity index (χ4v) is 2.46. The lowest BCUT2D eigenvalue weighted by Crippen LogP contribution is -2.25. The predicted molar refractivity (Wildman–Crippen MR) is 73.1 cm³/mol. The molecule has 0 spiro atoms. The molecular formula is C15H19NO4. The Hall–Kier alpha value is -1.88. The third-order valence-corrected chi connectivity index (χ3v) is 3.75. The summed E-state index contributed by atoms with van der Waals surface area (Å²) >= 11 is 0. The van der Waals surface area contributed by atoms with Crippen molar-refractivity contribution in [3.05, 3.63) is 35.4 Å². The van der Waals surface area contributed by atoms with Crippen LogP contribution in [0.4, 0.5) is 0 Å². The highest BCUT2D eigenvalue weighted by Gasteiger charge is 2.26. The fourth-order valence-electron chi connectivity index (χ4n) is 2.46. The number of ether oxygens (including phenoxy) is 1. The lowest BCUT2D eigenvalue weighted by Gasteiger charge is -2.26. The van der Waals surface area contributed by atoms with Gasteiger partial charge in [-0.05, 0) is 43.4 Å². The van der Waals surface area contributed by atoms with E-state index in [4.69, 9.17) is 15.6 Å². The Labute approximate surface area is 117 Å². The first kappa shape index (κ1) is 14.5. The van der Waals surface area contributed by atoms with Crippen molar-refractivity contribution in [2.75, 3.05) is 0 Å². The second-order valence-electron chi connectivity index (χ2n) is 5.18. The molecule has 5 nitrogen and oxygen atoms in total. The predicted octanol–water partition coefficient (Wildman–Crippen LogP) is 1.95. The van der Waals surface area contributed by atoms with E-state index < -0.39 is 11.9 Å². The number of benzene rings is 1. The first-order valence-corrected chi connectivity index (χ1v) is 6.79. The first-order chi connectivity index (χ1) is 9.56. The molecule has 0 saturated heterocycles. The van der Waals surface area contributed by atoms with Crippen molar-refractivity contribution in [3.63, 3.8) is 0 Å². The largest absolute Gasteiger partial charge is 0.481 e. The zero-order chi connectivity index (χ0) is 14.5. The summed E-state index contributed by atoms with van der Waals surface area (Å²) in [7, 11) is 0. The third-order valence-electron chi connectivity index (χ3n) is 3.75. The Kier molecular flexibility index (Phi) is 4.74. The van der Waals surface area contributed by atoms with Gasteiger partial charge in [0, 0.05) is 5.56 Å². The zero-order valence-corrected chi connectivity index (χ0v) is 11.2. The smallest absolute Gasteiger partial charge is 0.306 e. The van der Waals surface area contributed by atoms with Gasteiger partial charge < -0.3 is 15.6 Å². The van der Waals surface area contributed by atoms with E-state index in [0.29, 0.717) is 25.0 Å². The molecule has 1 aliphatic carbocycles. The van der Waals surface area contributed by atoms with E-state index in [2.05, 4.69) is 0 Å². The van der Waals surface area contributed by atoms with Gasteiger partial charge in [0.05, 0.1) is 18.6 Å². The second kappa shape index (κ2) is 6.52. The number of aliphatic carboxylic acids is 1. The summed E-state index contributed by atoms with van der Waals surface area (Å²) in [6.07, 6.45) is 3.06. The molecule has 1 amide bonds. The molecule has 1 aromatic carbocycles. The number of carboxylic acids is 1. The number of amides is 1. The van der Waals surface area contributed by atoms with Gasteiger partial charge in [-0.15, -0.1) is 0 Å². The van der Waals surface area contributed by atoms with E-state index in [-0.39, 0.29) is 12.0 Å². The van der Waals surface area contributed by atoms with E-state index >= 15 is 0 Å². The summed E-state index contributed by atoms with van der Waals surface area (Å²) in [4.78, 5) is 21.8. The van der Waals surface area contributed by atoms with Gasteiger partial charge in [0.2, 0.25) is 5.91 Å². The normalized spacial score (nSPS) is 22.4. The Morgan fingerprint density at radius 3 is 2.25 bits per heavy atom. The molecule has 0 unspecified atom stereocenters. The summed E-state index contributed by atoms with van der Waals surface area (Å²) in [5.74, 6) is -1.36. The molecule has 1 aliphatic rings. The molecule has 0 bridgehead atoms. The number of rotatable bonds is 5. The molecule has 108 valence electrons. The van der Waals surface area contributed by atoms with E-state index in [0.717, 1.165) is 18.4 Å². The molecule has 1 aromatic rings. The first-order valence-electron chi connectivity index (χ1n) is 6.79. The topological polar surface area (TPSA) is 89.6 Å². The molecule has 0 radical (unpaired) electrons. The SMILES string of the molecule is NC(=O)c1ccc(COC2CCC(C(=O)O)CC2)cc1. The lowest BCUT2D eigenvalue weighted by molar-refractivity contribution is -0.143. The quantitative estimate of drug-likeness (QED) is 0.860. The van der Waals surface area contributed by atoms with Gasteiger partial charge in [0.15, 0.2) is 0 Å². The maximum atomic E-state index is 10.9. The van der Waals surface area contributed by atoms with Crippen molar-refractivity contribution < 1.29 is 19.4 Å². The number of carbonyl (C=O) groups is 2. The standard InChI is InChI=1S/C15H19NO4/c16-14(17)11-3-1-10(2-4-11)9-20-13-7-5-12(6-8-13)15(18)19/h1-4,12-13H,5-9H2,(H2,16,17)(H,18,19). The van der Waals surface area contributed by atoms with Gasteiger partial charge in [-0.2, -0.15) is 0 Å². The van der Waals surface area contributed by atoms with Crippen molar-refractivity contribution in [3.8, 4) is 0 Å². The van der Waals surface area contributed by atoms with Crippen molar-refractivity contribution in [2.24, 2.45) is 11.7 Å². The third kappa shape index (κ3) is 3.81. The second-order valence-corrected chi connectivity index (χ2v) is 5.18. The number of nitrogens with two attached hydrogens (primary N) is 1. The average molecular weight is 277 g/mol. The molecule has 5 heteroatoms. The number of carbonyl (C=O) groups excluding carboxylic acids is 1. The molecule has 1 fully saturated rings. The molecule has 0 heterocycles. The number of primary amides is 1. The highest BCUT2D eigenvalue weighted by Crippen LogP contribution is 2.27. The highest BCUT2D eigenvalue weighted by atomic mass is 16.5. The molecule has 0 aliphatic heterocycles. The van der Waals surface area contributed by atoms with Crippen LogP contribution in [-0.4, -0.2) is 23.1 Å². The molecule has 0 atom stereocenters. The maximum absolute atomic E-state index is 10.9. The van der Waals surface area contributed by atoms with E-state index in [1.54, 1.807) is 12.1 Å². The fraction of sp³-hybridized carbons (Fsp3) is 0.467. The van der Waals surface area contributed by atoms with E-state index in [1.165, 1.54) is 0 Å². The Balaban J connectivity index is 1.78. The minimum atomic E-state index is -0.703. The van der Waals surface area contributed by atoms with Crippen LogP contribution in [-0.2, 0) is 16.1 Å². The minimum absolute atomic E-state index is 0.126. The highest BCUT2D eigenvalue weighted by molar-refractivity contribution is 5.92. The molecular weight excluding hydrogens is 258 g/mol. The van der Waals surface area contributed by atoms with Gasteiger partial charge in [-0.25, -0.2) is 0 Å². The molecule has 1 saturated carbocycles. The van der Waals surface area contributed by atoms with Crippen molar-refractivity contribution in [1.82, 2.24) is 0 Å².